The number of likely N-dealkylation sites (tertiary alicyclic amines) is 1. The number of hydrogen-bond acceptors (Lipinski definition) is 3. The maximum atomic E-state index is 11.4. The number of aliphatic hydroxyl groups excluding tert-OH is 1. The summed E-state index contributed by atoms with van der Waals surface area (Å²) in [4.78, 5) is 15.6. The minimum atomic E-state index is 0.176. The normalized spacial score (nSPS) is 21.1. The Kier molecular flexibility index (Phi) is 5.22. The van der Waals surface area contributed by atoms with Gasteiger partial charge in [0.15, 0.2) is 0 Å². The summed E-state index contributed by atoms with van der Waals surface area (Å²) < 4.78 is 0. The summed E-state index contributed by atoms with van der Waals surface area (Å²) in [6, 6.07) is 0.757. The smallest absolute Gasteiger partial charge is 0.219 e. The third-order valence-corrected chi connectivity index (χ3v) is 3.34. The first-order chi connectivity index (χ1) is 7.56. The molecular weight excluding hydrogens is 204 g/mol. The van der Waals surface area contributed by atoms with Gasteiger partial charge in [-0.05, 0) is 26.7 Å². The molecule has 0 bridgehead atoms. The third-order valence-electron chi connectivity index (χ3n) is 3.34. The Hall–Kier alpha value is -0.610. The average molecular weight is 228 g/mol. The van der Waals surface area contributed by atoms with Crippen molar-refractivity contribution in [2.24, 2.45) is 0 Å². The molecule has 0 aromatic rings. The van der Waals surface area contributed by atoms with E-state index in [0.29, 0.717) is 18.6 Å². The van der Waals surface area contributed by atoms with Crippen LogP contribution in [-0.4, -0.2) is 59.1 Å². The molecule has 0 aromatic heterocycles. The van der Waals surface area contributed by atoms with Crippen molar-refractivity contribution in [3.05, 3.63) is 0 Å². The second-order valence-corrected chi connectivity index (χ2v) is 4.82. The maximum absolute atomic E-state index is 11.4. The van der Waals surface area contributed by atoms with E-state index in [1.807, 2.05) is 4.90 Å². The third kappa shape index (κ3) is 3.46. The molecule has 0 radical (unpaired) electrons. The molecule has 94 valence electrons. The van der Waals surface area contributed by atoms with Crippen LogP contribution in [0, 0.1) is 0 Å². The van der Waals surface area contributed by atoms with Crippen molar-refractivity contribution in [1.29, 1.82) is 0 Å². The van der Waals surface area contributed by atoms with E-state index in [0.717, 1.165) is 25.9 Å². The highest BCUT2D eigenvalue weighted by Gasteiger charge is 2.28. The Balaban J connectivity index is 2.53. The van der Waals surface area contributed by atoms with Crippen LogP contribution in [0.2, 0.25) is 0 Å². The van der Waals surface area contributed by atoms with Gasteiger partial charge in [0, 0.05) is 38.6 Å². The van der Waals surface area contributed by atoms with Crippen LogP contribution in [0.25, 0.3) is 0 Å². The van der Waals surface area contributed by atoms with E-state index in [1.165, 1.54) is 0 Å². The summed E-state index contributed by atoms with van der Waals surface area (Å²) >= 11 is 0. The topological polar surface area (TPSA) is 43.8 Å². The molecule has 1 fully saturated rings. The van der Waals surface area contributed by atoms with Crippen LogP contribution in [0.4, 0.5) is 0 Å². The molecule has 1 atom stereocenters. The van der Waals surface area contributed by atoms with Gasteiger partial charge >= 0.3 is 0 Å². The van der Waals surface area contributed by atoms with E-state index in [9.17, 15) is 4.79 Å². The fourth-order valence-corrected chi connectivity index (χ4v) is 2.40. The highest BCUT2D eigenvalue weighted by atomic mass is 16.3. The standard InChI is InChI=1S/C12H24N2O2/c1-10(2)13(7-8-15)9-12-5-4-6-14(12)11(3)16/h10,12,15H,4-9H2,1-3H3/t12-/m0/s1. The van der Waals surface area contributed by atoms with Crippen LogP contribution >= 0.6 is 0 Å². The van der Waals surface area contributed by atoms with Crippen molar-refractivity contribution in [3.8, 4) is 0 Å². The molecule has 1 aliphatic rings. The van der Waals surface area contributed by atoms with Gasteiger partial charge in [-0.1, -0.05) is 0 Å². The molecule has 1 amide bonds. The predicted octanol–water partition coefficient (Wildman–Crippen LogP) is 0.700. The number of carbonyl (C=O) groups excluding carboxylic acids is 1. The van der Waals surface area contributed by atoms with E-state index in [4.69, 9.17) is 5.11 Å². The largest absolute Gasteiger partial charge is 0.395 e. The van der Waals surface area contributed by atoms with Gasteiger partial charge in [0.25, 0.3) is 0 Å². The highest BCUT2D eigenvalue weighted by molar-refractivity contribution is 5.73. The molecule has 1 rings (SSSR count). The number of aliphatic hydroxyl groups is 1. The first kappa shape index (κ1) is 13.5. The quantitative estimate of drug-likeness (QED) is 0.753. The Bertz CT molecular complexity index is 231. The van der Waals surface area contributed by atoms with Gasteiger partial charge < -0.3 is 10.0 Å². The first-order valence-electron chi connectivity index (χ1n) is 6.18. The second-order valence-electron chi connectivity index (χ2n) is 4.82. The number of nitrogens with zero attached hydrogens (tertiary/aromatic N) is 2. The highest BCUT2D eigenvalue weighted by Crippen LogP contribution is 2.19. The molecule has 4 nitrogen and oxygen atoms in total. The van der Waals surface area contributed by atoms with Crippen LogP contribution in [0.3, 0.4) is 0 Å². The van der Waals surface area contributed by atoms with Crippen molar-refractivity contribution >= 4 is 5.91 Å². The molecule has 1 aliphatic heterocycles. The Morgan fingerprint density at radius 3 is 2.75 bits per heavy atom. The lowest BCUT2D eigenvalue weighted by Crippen LogP contribution is -2.45. The van der Waals surface area contributed by atoms with Crippen LogP contribution in [0.1, 0.15) is 33.6 Å². The van der Waals surface area contributed by atoms with Crippen LogP contribution in [0.15, 0.2) is 0 Å². The van der Waals surface area contributed by atoms with Crippen LogP contribution in [0.5, 0.6) is 0 Å². The molecular formula is C12H24N2O2. The van der Waals surface area contributed by atoms with Gasteiger partial charge in [0.05, 0.1) is 6.61 Å². The average Bonchev–Trinajstić information content (AvgIpc) is 2.65. The molecule has 1 saturated heterocycles. The first-order valence-corrected chi connectivity index (χ1v) is 6.18. The molecule has 0 aliphatic carbocycles. The van der Waals surface area contributed by atoms with Gasteiger partial charge in [-0.3, -0.25) is 9.69 Å². The number of hydrogen-bond donors (Lipinski definition) is 1. The summed E-state index contributed by atoms with van der Waals surface area (Å²) in [5.41, 5.74) is 0. The minimum absolute atomic E-state index is 0.176. The van der Waals surface area contributed by atoms with Crippen molar-refractivity contribution in [1.82, 2.24) is 9.80 Å². The van der Waals surface area contributed by atoms with Gasteiger partial charge in [0.2, 0.25) is 5.91 Å². The summed E-state index contributed by atoms with van der Waals surface area (Å²) in [5.74, 6) is 0.176. The SMILES string of the molecule is CC(=O)N1CCC[C@H]1CN(CCO)C(C)C. The molecule has 0 saturated carbocycles. The molecule has 0 spiro atoms. The Labute approximate surface area is 98.2 Å². The Morgan fingerprint density at radius 2 is 2.25 bits per heavy atom. The minimum Gasteiger partial charge on any atom is -0.395 e. The summed E-state index contributed by atoms with van der Waals surface area (Å²) in [6.07, 6.45) is 2.20. The summed E-state index contributed by atoms with van der Waals surface area (Å²) in [7, 11) is 0. The number of amides is 1. The number of carbonyl (C=O) groups is 1. The zero-order valence-electron chi connectivity index (χ0n) is 10.6. The van der Waals surface area contributed by atoms with Gasteiger partial charge in [-0.15, -0.1) is 0 Å². The van der Waals surface area contributed by atoms with E-state index in [2.05, 4.69) is 18.7 Å². The van der Waals surface area contributed by atoms with Crippen LogP contribution in [-0.2, 0) is 4.79 Å². The predicted molar refractivity (Wildman–Crippen MR) is 64.2 cm³/mol. The van der Waals surface area contributed by atoms with E-state index >= 15 is 0 Å². The van der Waals surface area contributed by atoms with Gasteiger partial charge in [0.1, 0.15) is 0 Å². The fraction of sp³-hybridized carbons (Fsp3) is 0.917. The monoisotopic (exact) mass is 228 g/mol. The Morgan fingerprint density at radius 1 is 1.56 bits per heavy atom. The second kappa shape index (κ2) is 6.21. The van der Waals surface area contributed by atoms with Crippen LogP contribution < -0.4 is 0 Å². The molecule has 0 aromatic carbocycles. The molecule has 0 unspecified atom stereocenters. The maximum Gasteiger partial charge on any atom is 0.219 e. The molecule has 4 heteroatoms. The van der Waals surface area contributed by atoms with E-state index in [1.54, 1.807) is 6.92 Å². The van der Waals surface area contributed by atoms with E-state index in [-0.39, 0.29) is 12.5 Å². The van der Waals surface area contributed by atoms with Crippen molar-refractivity contribution in [3.63, 3.8) is 0 Å². The number of rotatable bonds is 5. The van der Waals surface area contributed by atoms with Crippen molar-refractivity contribution < 1.29 is 9.90 Å². The summed E-state index contributed by atoms with van der Waals surface area (Å²) in [5, 5.41) is 9.01. The van der Waals surface area contributed by atoms with E-state index < -0.39 is 0 Å². The molecule has 16 heavy (non-hydrogen) atoms. The lowest BCUT2D eigenvalue weighted by atomic mass is 10.2. The fourth-order valence-electron chi connectivity index (χ4n) is 2.40. The zero-order chi connectivity index (χ0) is 12.1. The van der Waals surface area contributed by atoms with Crippen molar-refractivity contribution in [2.45, 2.75) is 45.7 Å². The van der Waals surface area contributed by atoms with Gasteiger partial charge in [-0.2, -0.15) is 0 Å². The lowest BCUT2D eigenvalue weighted by Gasteiger charge is -2.32. The molecule has 1 heterocycles. The summed E-state index contributed by atoms with van der Waals surface area (Å²) in [6.45, 7) is 8.56. The zero-order valence-corrected chi connectivity index (χ0v) is 10.6. The van der Waals surface area contributed by atoms with Crippen molar-refractivity contribution in [2.75, 3.05) is 26.2 Å². The lowest BCUT2D eigenvalue weighted by molar-refractivity contribution is -0.130. The van der Waals surface area contributed by atoms with Gasteiger partial charge in [-0.25, -0.2) is 0 Å². The molecule has 1 N–H and O–H groups in total.